The maximum Gasteiger partial charge on any atom is 0.140 e. The molecule has 0 radical (unpaired) electrons. The van der Waals surface area contributed by atoms with Gasteiger partial charge in [-0.25, -0.2) is 0 Å². The lowest BCUT2D eigenvalue weighted by molar-refractivity contribution is 0.145. The molecule has 0 aliphatic carbocycles. The minimum absolute atomic E-state index is 0.257. The van der Waals surface area contributed by atoms with Crippen LogP contribution in [0, 0.1) is 0 Å². The highest BCUT2D eigenvalue weighted by atomic mass is 16.5. The van der Waals surface area contributed by atoms with Gasteiger partial charge in [-0.2, -0.15) is 0 Å². The number of amidine groups is 1. The zero-order valence-corrected chi connectivity index (χ0v) is 13.2. The highest BCUT2D eigenvalue weighted by Gasteiger charge is 2.08. The number of hydrogen-bond acceptors (Lipinski definition) is 4. The van der Waals surface area contributed by atoms with Crippen LogP contribution in [0.1, 0.15) is 37.3 Å². The number of rotatable bonds is 9. The van der Waals surface area contributed by atoms with Gasteiger partial charge in [0.2, 0.25) is 0 Å². The fourth-order valence-electron chi connectivity index (χ4n) is 2.08. The van der Waals surface area contributed by atoms with Crippen molar-refractivity contribution in [1.82, 2.24) is 4.90 Å². The van der Waals surface area contributed by atoms with Gasteiger partial charge >= 0.3 is 0 Å². The lowest BCUT2D eigenvalue weighted by atomic mass is 10.0. The van der Waals surface area contributed by atoms with Crippen molar-refractivity contribution in [3.05, 3.63) is 35.4 Å². The van der Waals surface area contributed by atoms with Crippen LogP contribution in [0.3, 0.4) is 0 Å². The Morgan fingerprint density at radius 1 is 1.29 bits per heavy atom. The van der Waals surface area contributed by atoms with Crippen LogP contribution in [0.2, 0.25) is 0 Å². The number of nitrogens with two attached hydrogens (primary N) is 1. The van der Waals surface area contributed by atoms with Crippen molar-refractivity contribution < 1.29 is 9.94 Å². The number of benzene rings is 1. The summed E-state index contributed by atoms with van der Waals surface area (Å²) in [5.41, 5.74) is 8.14. The number of nitrogens with zero attached hydrogens (tertiary/aromatic N) is 2. The zero-order valence-electron chi connectivity index (χ0n) is 13.2. The minimum Gasteiger partial charge on any atom is -0.409 e. The van der Waals surface area contributed by atoms with Crippen LogP contribution in [0.15, 0.2) is 29.4 Å². The van der Waals surface area contributed by atoms with Gasteiger partial charge in [-0.1, -0.05) is 43.3 Å². The third-order valence-electron chi connectivity index (χ3n) is 3.48. The maximum absolute atomic E-state index is 8.62. The maximum atomic E-state index is 8.62. The lowest BCUT2D eigenvalue weighted by Gasteiger charge is -2.22. The van der Waals surface area contributed by atoms with Gasteiger partial charge in [0.05, 0.1) is 6.61 Å². The van der Waals surface area contributed by atoms with Gasteiger partial charge in [-0.05, 0) is 17.0 Å². The van der Waals surface area contributed by atoms with E-state index in [0.717, 1.165) is 19.6 Å². The Bertz CT molecular complexity index is 430. The fraction of sp³-hybridized carbons (Fsp3) is 0.562. The Kier molecular flexibility index (Phi) is 7.79. The molecule has 0 atom stereocenters. The molecule has 0 saturated carbocycles. The zero-order chi connectivity index (χ0) is 15.7. The van der Waals surface area contributed by atoms with Crippen molar-refractivity contribution in [2.75, 3.05) is 26.8 Å². The third-order valence-corrected chi connectivity index (χ3v) is 3.48. The van der Waals surface area contributed by atoms with Crippen LogP contribution in [-0.2, 0) is 11.3 Å². The fourth-order valence-corrected chi connectivity index (χ4v) is 2.08. The van der Waals surface area contributed by atoms with E-state index in [4.69, 9.17) is 15.7 Å². The van der Waals surface area contributed by atoms with Gasteiger partial charge in [0, 0.05) is 33.2 Å². The Morgan fingerprint density at radius 2 is 1.95 bits per heavy atom. The largest absolute Gasteiger partial charge is 0.409 e. The summed E-state index contributed by atoms with van der Waals surface area (Å²) in [6, 6.07) is 8.69. The van der Waals surface area contributed by atoms with Crippen LogP contribution >= 0.6 is 0 Å². The molecule has 0 amide bonds. The summed E-state index contributed by atoms with van der Waals surface area (Å²) < 4.78 is 5.14. The second kappa shape index (κ2) is 9.37. The summed E-state index contributed by atoms with van der Waals surface area (Å²) in [6.45, 7) is 7.45. The van der Waals surface area contributed by atoms with Crippen molar-refractivity contribution in [2.24, 2.45) is 10.9 Å². The number of oxime groups is 1. The lowest BCUT2D eigenvalue weighted by Crippen LogP contribution is -2.30. The van der Waals surface area contributed by atoms with Gasteiger partial charge in [0.25, 0.3) is 0 Å². The first-order valence-corrected chi connectivity index (χ1v) is 7.33. The van der Waals surface area contributed by atoms with Crippen LogP contribution in [-0.4, -0.2) is 42.7 Å². The molecule has 0 aromatic heterocycles. The highest BCUT2D eigenvalue weighted by Crippen LogP contribution is 2.15. The number of methoxy groups -OCH3 is 1. The number of ether oxygens (including phenoxy) is 1. The normalized spacial score (nSPS) is 12.3. The molecule has 5 nitrogen and oxygen atoms in total. The SMILES string of the molecule is COCCN(CCC(N)=NO)Cc1ccc(C(C)C)cc1. The molecule has 118 valence electrons. The molecule has 1 rings (SSSR count). The van der Waals surface area contributed by atoms with E-state index in [0.29, 0.717) is 18.9 Å². The predicted molar refractivity (Wildman–Crippen MR) is 85.7 cm³/mol. The Hall–Kier alpha value is -1.59. The summed E-state index contributed by atoms with van der Waals surface area (Å²) in [5.74, 6) is 0.803. The van der Waals surface area contributed by atoms with Crippen molar-refractivity contribution in [2.45, 2.75) is 32.7 Å². The molecule has 0 unspecified atom stereocenters. The summed E-state index contributed by atoms with van der Waals surface area (Å²) >= 11 is 0. The Labute approximate surface area is 127 Å². The van der Waals surface area contributed by atoms with Crippen LogP contribution in [0.25, 0.3) is 0 Å². The van der Waals surface area contributed by atoms with Gasteiger partial charge in [-0.3, -0.25) is 4.90 Å². The van der Waals surface area contributed by atoms with Crippen LogP contribution in [0.4, 0.5) is 0 Å². The van der Waals surface area contributed by atoms with E-state index in [1.165, 1.54) is 11.1 Å². The molecule has 0 saturated heterocycles. The highest BCUT2D eigenvalue weighted by molar-refractivity contribution is 5.79. The Morgan fingerprint density at radius 3 is 2.48 bits per heavy atom. The van der Waals surface area contributed by atoms with Crippen molar-refractivity contribution in [3.63, 3.8) is 0 Å². The molecule has 0 bridgehead atoms. The average molecular weight is 293 g/mol. The predicted octanol–water partition coefficient (Wildman–Crippen LogP) is 2.39. The minimum atomic E-state index is 0.257. The molecule has 21 heavy (non-hydrogen) atoms. The van der Waals surface area contributed by atoms with Crippen LogP contribution in [0.5, 0.6) is 0 Å². The van der Waals surface area contributed by atoms with Crippen LogP contribution < -0.4 is 5.73 Å². The summed E-state index contributed by atoms with van der Waals surface area (Å²) in [6.07, 6.45) is 0.546. The molecule has 0 aliphatic rings. The van der Waals surface area contributed by atoms with Gasteiger partial charge in [0.1, 0.15) is 5.84 Å². The topological polar surface area (TPSA) is 71.1 Å². The van der Waals surface area contributed by atoms with Gasteiger partial charge in [0.15, 0.2) is 0 Å². The average Bonchev–Trinajstić information content (AvgIpc) is 2.50. The van der Waals surface area contributed by atoms with Gasteiger partial charge < -0.3 is 15.7 Å². The molecule has 1 aromatic rings. The van der Waals surface area contributed by atoms with E-state index in [2.05, 4.69) is 48.2 Å². The second-order valence-corrected chi connectivity index (χ2v) is 5.51. The smallest absolute Gasteiger partial charge is 0.140 e. The molecule has 0 spiro atoms. The summed E-state index contributed by atoms with van der Waals surface area (Å²) in [4.78, 5) is 2.24. The molecular weight excluding hydrogens is 266 g/mol. The molecule has 5 heteroatoms. The molecule has 1 aromatic carbocycles. The van der Waals surface area contributed by atoms with E-state index in [-0.39, 0.29) is 5.84 Å². The monoisotopic (exact) mass is 293 g/mol. The van der Waals surface area contributed by atoms with E-state index in [9.17, 15) is 0 Å². The van der Waals surface area contributed by atoms with E-state index < -0.39 is 0 Å². The summed E-state index contributed by atoms with van der Waals surface area (Å²) in [5, 5.41) is 11.6. The number of hydrogen-bond donors (Lipinski definition) is 2. The van der Waals surface area contributed by atoms with Crippen molar-refractivity contribution in [1.29, 1.82) is 0 Å². The van der Waals surface area contributed by atoms with E-state index in [1.54, 1.807) is 7.11 Å². The standard InChI is InChI=1S/C16H27N3O2/c1-13(2)15-6-4-14(5-7-15)12-19(10-11-21-3)9-8-16(17)18-20/h4-7,13,20H,8-12H2,1-3H3,(H2,17,18). The van der Waals surface area contributed by atoms with E-state index >= 15 is 0 Å². The molecule has 0 heterocycles. The Balaban J connectivity index is 2.61. The quantitative estimate of drug-likeness (QED) is 0.317. The second-order valence-electron chi connectivity index (χ2n) is 5.51. The first-order valence-electron chi connectivity index (χ1n) is 7.33. The first kappa shape index (κ1) is 17.5. The third kappa shape index (κ3) is 6.60. The molecule has 3 N–H and O–H groups in total. The van der Waals surface area contributed by atoms with E-state index in [1.807, 2.05) is 0 Å². The molecular formula is C16H27N3O2. The summed E-state index contributed by atoms with van der Waals surface area (Å²) in [7, 11) is 1.69. The van der Waals surface area contributed by atoms with Crippen molar-refractivity contribution >= 4 is 5.84 Å². The van der Waals surface area contributed by atoms with Gasteiger partial charge in [-0.15, -0.1) is 0 Å². The van der Waals surface area contributed by atoms with Crippen molar-refractivity contribution in [3.8, 4) is 0 Å². The first-order chi connectivity index (χ1) is 10.1. The molecule has 0 fully saturated rings. The molecule has 0 aliphatic heterocycles.